The molecule has 4 rings (SSSR count). The van der Waals surface area contributed by atoms with Gasteiger partial charge < -0.3 is 30.3 Å². The van der Waals surface area contributed by atoms with E-state index in [1.165, 1.54) is 25.6 Å². The van der Waals surface area contributed by atoms with Gasteiger partial charge in [0, 0.05) is 46.9 Å². The Morgan fingerprint density at radius 2 is 1.98 bits per heavy atom. The fraction of sp³-hybridized carbons (Fsp3) is 0.367. The van der Waals surface area contributed by atoms with Gasteiger partial charge in [-0.25, -0.2) is 9.97 Å². The number of carbonyl (C=O) groups is 3. The number of piperidine rings is 1. The first-order valence-corrected chi connectivity index (χ1v) is 14.7. The van der Waals surface area contributed by atoms with Crippen LogP contribution in [0.3, 0.4) is 0 Å². The molecule has 1 unspecified atom stereocenters. The van der Waals surface area contributed by atoms with Crippen molar-refractivity contribution < 1.29 is 23.9 Å². The number of ether oxygens (including phenoxy) is 2. The minimum atomic E-state index is -0.487. The van der Waals surface area contributed by atoms with Gasteiger partial charge in [0.2, 0.25) is 11.8 Å². The number of aromatic nitrogens is 2. The number of nitrogens with zero attached hydrogens (tertiary/aromatic N) is 3. The largest absolute Gasteiger partial charge is 0.494 e. The molecule has 222 valence electrons. The molecule has 1 aliphatic rings. The van der Waals surface area contributed by atoms with Crippen molar-refractivity contribution in [2.24, 2.45) is 5.92 Å². The monoisotopic (exact) mass is 638 g/mol. The number of hydrogen-bond acceptors (Lipinski definition) is 9. The number of likely N-dealkylation sites (tertiary alicyclic amines) is 1. The van der Waals surface area contributed by atoms with Crippen molar-refractivity contribution in [2.45, 2.75) is 26.2 Å². The van der Waals surface area contributed by atoms with Crippen LogP contribution in [0.4, 0.5) is 17.2 Å². The lowest BCUT2D eigenvalue weighted by Gasteiger charge is -2.31. The molecule has 0 aliphatic carbocycles. The first-order valence-electron chi connectivity index (χ1n) is 13.9. The number of amides is 2. The van der Waals surface area contributed by atoms with Gasteiger partial charge in [0.1, 0.15) is 17.9 Å². The molecule has 1 fully saturated rings. The normalized spacial score (nSPS) is 15.4. The summed E-state index contributed by atoms with van der Waals surface area (Å²) in [5.41, 5.74) is 1.87. The topological polar surface area (TPSA) is 135 Å². The maximum atomic E-state index is 12.7. The summed E-state index contributed by atoms with van der Waals surface area (Å²) in [4.78, 5) is 47.9. The maximum absolute atomic E-state index is 12.7. The molecular formula is C30H35BrN6O5. The molecule has 1 atom stereocenters. The van der Waals surface area contributed by atoms with E-state index in [1.807, 2.05) is 31.2 Å². The van der Waals surface area contributed by atoms with Crippen molar-refractivity contribution in [1.82, 2.24) is 20.2 Å². The van der Waals surface area contributed by atoms with Crippen LogP contribution >= 0.6 is 15.9 Å². The van der Waals surface area contributed by atoms with Crippen LogP contribution < -0.4 is 20.7 Å². The lowest BCUT2D eigenvalue weighted by Crippen LogP contribution is -2.40. The van der Waals surface area contributed by atoms with E-state index in [2.05, 4.69) is 46.7 Å². The van der Waals surface area contributed by atoms with Crippen LogP contribution in [0.1, 0.15) is 26.2 Å². The van der Waals surface area contributed by atoms with Crippen molar-refractivity contribution in [1.29, 1.82) is 0 Å². The molecular weight excluding hydrogens is 604 g/mol. The second-order valence-corrected chi connectivity index (χ2v) is 10.7. The van der Waals surface area contributed by atoms with Crippen molar-refractivity contribution in [3.05, 3.63) is 59.4 Å². The van der Waals surface area contributed by atoms with E-state index >= 15 is 0 Å². The predicted molar refractivity (Wildman–Crippen MR) is 165 cm³/mol. The average Bonchev–Trinajstić information content (AvgIpc) is 2.98. The number of halogens is 1. The highest BCUT2D eigenvalue weighted by Crippen LogP contribution is 2.33. The van der Waals surface area contributed by atoms with Crippen molar-refractivity contribution in [3.8, 4) is 5.75 Å². The molecule has 3 aromatic rings. The Morgan fingerprint density at radius 3 is 2.76 bits per heavy atom. The third kappa shape index (κ3) is 8.73. The molecule has 1 aromatic heterocycles. The van der Waals surface area contributed by atoms with E-state index in [0.717, 1.165) is 42.5 Å². The van der Waals surface area contributed by atoms with E-state index in [-0.39, 0.29) is 17.8 Å². The summed E-state index contributed by atoms with van der Waals surface area (Å²) in [6.45, 7) is 5.04. The van der Waals surface area contributed by atoms with E-state index < -0.39 is 5.91 Å². The zero-order chi connectivity index (χ0) is 29.9. The second-order valence-electron chi connectivity index (χ2n) is 9.79. The highest BCUT2D eigenvalue weighted by Gasteiger charge is 2.26. The quantitative estimate of drug-likeness (QED) is 0.150. The zero-order valence-corrected chi connectivity index (χ0v) is 25.3. The molecule has 1 saturated heterocycles. The molecule has 0 saturated carbocycles. The highest BCUT2D eigenvalue weighted by molar-refractivity contribution is 9.10. The van der Waals surface area contributed by atoms with Crippen molar-refractivity contribution in [3.63, 3.8) is 0 Å². The average molecular weight is 640 g/mol. The van der Waals surface area contributed by atoms with E-state index in [1.54, 1.807) is 12.1 Å². The molecule has 12 heteroatoms. The second kappa shape index (κ2) is 15.3. The van der Waals surface area contributed by atoms with Crippen LogP contribution in [0.15, 0.2) is 59.4 Å². The number of fused-ring (bicyclic) bond motifs is 1. The Kier molecular flexibility index (Phi) is 11.2. The number of hydrogen-bond donors (Lipinski definition) is 3. The highest BCUT2D eigenvalue weighted by atomic mass is 79.9. The summed E-state index contributed by atoms with van der Waals surface area (Å²) < 4.78 is 11.5. The van der Waals surface area contributed by atoms with Crippen LogP contribution in [0, 0.1) is 5.92 Å². The number of methoxy groups -OCH3 is 1. The SMILES string of the molecule is CCOC(=O)C1CCCN(CCCNC(=O)/C=C/C(=O)Nc2cc3c(Nc4cccc(Br)c4)ncnc3cc2OC)C1. The van der Waals surface area contributed by atoms with Crippen LogP contribution in [-0.4, -0.2) is 72.5 Å². The lowest BCUT2D eigenvalue weighted by atomic mass is 9.98. The van der Waals surface area contributed by atoms with Gasteiger partial charge in [0.25, 0.3) is 0 Å². The zero-order valence-electron chi connectivity index (χ0n) is 23.7. The summed E-state index contributed by atoms with van der Waals surface area (Å²) in [6, 6.07) is 11.1. The van der Waals surface area contributed by atoms with Gasteiger partial charge in [-0.15, -0.1) is 0 Å². The molecule has 0 spiro atoms. The molecule has 2 amide bonds. The standard InChI is InChI=1S/C30H35BrN6O5/c1-3-42-30(40)20-7-5-13-37(18-20)14-6-12-32-27(38)10-11-28(39)36-25-16-23-24(17-26(25)41-2)33-19-34-29(23)35-22-9-4-8-21(31)15-22/h4,8-11,15-17,19-20H,3,5-7,12-14,18H2,1-2H3,(H,32,38)(H,36,39)(H,33,34,35)/b11-10+. The first kappa shape index (κ1) is 30.9. The number of carbonyl (C=O) groups excluding carboxylic acids is 3. The van der Waals surface area contributed by atoms with Gasteiger partial charge in [-0.1, -0.05) is 22.0 Å². The minimum absolute atomic E-state index is 0.0855. The molecule has 42 heavy (non-hydrogen) atoms. The summed E-state index contributed by atoms with van der Waals surface area (Å²) in [7, 11) is 1.50. The van der Waals surface area contributed by atoms with Gasteiger partial charge in [-0.05, 0) is 63.5 Å². The van der Waals surface area contributed by atoms with Crippen LogP contribution in [0.25, 0.3) is 10.9 Å². The number of esters is 1. The molecule has 1 aliphatic heterocycles. The smallest absolute Gasteiger partial charge is 0.310 e. The summed E-state index contributed by atoms with van der Waals surface area (Å²) in [6.07, 6.45) is 6.36. The molecule has 11 nitrogen and oxygen atoms in total. The minimum Gasteiger partial charge on any atom is -0.494 e. The Balaban J connectivity index is 1.30. The summed E-state index contributed by atoms with van der Waals surface area (Å²) >= 11 is 3.46. The van der Waals surface area contributed by atoms with Gasteiger partial charge in [-0.3, -0.25) is 14.4 Å². The van der Waals surface area contributed by atoms with Crippen LogP contribution in [0.2, 0.25) is 0 Å². The Morgan fingerprint density at radius 1 is 1.14 bits per heavy atom. The fourth-order valence-electron chi connectivity index (χ4n) is 4.76. The first-order chi connectivity index (χ1) is 20.4. The Bertz CT molecular complexity index is 1450. The number of rotatable bonds is 12. The van der Waals surface area contributed by atoms with E-state index in [9.17, 15) is 14.4 Å². The van der Waals surface area contributed by atoms with E-state index in [4.69, 9.17) is 9.47 Å². The predicted octanol–water partition coefficient (Wildman–Crippen LogP) is 4.42. The summed E-state index contributed by atoms with van der Waals surface area (Å²) in [5.74, 6) is -0.0909. The maximum Gasteiger partial charge on any atom is 0.310 e. The van der Waals surface area contributed by atoms with E-state index in [0.29, 0.717) is 47.9 Å². The number of anilines is 3. The third-order valence-electron chi connectivity index (χ3n) is 6.76. The van der Waals surface area contributed by atoms with Gasteiger partial charge in [0.15, 0.2) is 0 Å². The number of benzene rings is 2. The Labute approximate surface area is 253 Å². The van der Waals surface area contributed by atoms with Crippen LogP contribution in [0.5, 0.6) is 5.75 Å². The lowest BCUT2D eigenvalue weighted by molar-refractivity contribution is -0.149. The van der Waals surface area contributed by atoms with Crippen LogP contribution in [-0.2, 0) is 19.1 Å². The van der Waals surface area contributed by atoms with Gasteiger partial charge in [-0.2, -0.15) is 0 Å². The Hall–Kier alpha value is -4.03. The summed E-state index contributed by atoms with van der Waals surface area (Å²) in [5, 5.41) is 9.53. The van der Waals surface area contributed by atoms with Crippen molar-refractivity contribution in [2.75, 3.05) is 50.5 Å². The third-order valence-corrected chi connectivity index (χ3v) is 7.26. The molecule has 0 radical (unpaired) electrons. The van der Waals surface area contributed by atoms with Gasteiger partial charge >= 0.3 is 5.97 Å². The van der Waals surface area contributed by atoms with Crippen molar-refractivity contribution >= 4 is 61.8 Å². The fourth-order valence-corrected chi connectivity index (χ4v) is 5.16. The molecule has 0 bridgehead atoms. The molecule has 2 aromatic carbocycles. The molecule has 2 heterocycles. The number of nitrogens with one attached hydrogen (secondary N) is 3. The van der Waals surface area contributed by atoms with Gasteiger partial charge in [0.05, 0.1) is 30.8 Å². The molecule has 3 N–H and O–H groups in total.